The molecule has 1 atom stereocenters. The van der Waals surface area contributed by atoms with E-state index in [2.05, 4.69) is 10.3 Å². The molecule has 0 radical (unpaired) electrons. The number of ether oxygens (including phenoxy) is 1. The Morgan fingerprint density at radius 2 is 1.70 bits per heavy atom. The van der Waals surface area contributed by atoms with Crippen molar-refractivity contribution in [1.82, 2.24) is 4.98 Å². The Morgan fingerprint density at radius 3 is 2.30 bits per heavy atom. The number of hydrogen-bond donors (Lipinski definition) is 1. The maximum absolute atomic E-state index is 13.9. The molecule has 1 unspecified atom stereocenters. The maximum Gasteiger partial charge on any atom is 0.273 e. The van der Waals surface area contributed by atoms with E-state index in [-0.39, 0.29) is 23.2 Å². The van der Waals surface area contributed by atoms with Crippen LogP contribution in [0, 0.1) is 15.5 Å². The summed E-state index contributed by atoms with van der Waals surface area (Å²) in [4.78, 5) is 31.2. The molecule has 3 aliphatic rings. The van der Waals surface area contributed by atoms with E-state index in [9.17, 15) is 14.9 Å². The molecular formula is C29H25N3O4S. The first-order valence-corrected chi connectivity index (χ1v) is 13.0. The van der Waals surface area contributed by atoms with Crippen molar-refractivity contribution in [3.05, 3.63) is 122 Å². The van der Waals surface area contributed by atoms with Gasteiger partial charge in [-0.25, -0.2) is 4.98 Å². The van der Waals surface area contributed by atoms with Crippen LogP contribution >= 0.6 is 11.3 Å². The van der Waals surface area contributed by atoms with Gasteiger partial charge in [-0.15, -0.1) is 11.3 Å². The summed E-state index contributed by atoms with van der Waals surface area (Å²) in [7, 11) is 1.63. The normalized spacial score (nSPS) is 23.1. The zero-order valence-electron chi connectivity index (χ0n) is 20.4. The predicted octanol–water partition coefficient (Wildman–Crippen LogP) is 5.76. The molecule has 4 aromatic rings. The Morgan fingerprint density at radius 1 is 1.08 bits per heavy atom. The number of nitrogens with zero attached hydrogens (tertiary/aromatic N) is 2. The summed E-state index contributed by atoms with van der Waals surface area (Å²) in [5.74, 6) is 0.249. The standard InChI is InChI=1S/C29H25N3O4S/c1-28(26(33)31-27-30-19(16-37-27)15-18-11-13-20(36-2)14-12-18)17-29(32(34)35)23-9-5-3-7-21(23)25(28)22-8-4-6-10-24(22)29/h3-14,16,25H,15,17H2,1-2H3,(H,30,31,33). The van der Waals surface area contributed by atoms with Gasteiger partial charge in [-0.2, -0.15) is 0 Å². The van der Waals surface area contributed by atoms with Crippen molar-refractivity contribution in [2.75, 3.05) is 12.4 Å². The molecule has 0 spiro atoms. The number of anilines is 1. The lowest BCUT2D eigenvalue weighted by Crippen LogP contribution is -2.57. The number of fused-ring (bicyclic) bond motifs is 1. The van der Waals surface area contributed by atoms with Crippen LogP contribution in [0.5, 0.6) is 5.75 Å². The fourth-order valence-electron chi connectivity index (χ4n) is 6.18. The SMILES string of the molecule is COc1ccc(Cc2csc(NC(=O)C3(C)CC4([N+](=O)[O-])c5ccccc5C3c3ccccc34)n2)cc1. The number of nitro groups is 1. The Bertz CT molecular complexity index is 1480. The summed E-state index contributed by atoms with van der Waals surface area (Å²) in [6.07, 6.45) is 0.711. The summed E-state index contributed by atoms with van der Waals surface area (Å²) >= 11 is 1.36. The molecule has 2 bridgehead atoms. The molecule has 3 aromatic carbocycles. The minimum Gasteiger partial charge on any atom is -0.497 e. The van der Waals surface area contributed by atoms with Gasteiger partial charge in [0, 0.05) is 40.2 Å². The van der Waals surface area contributed by atoms with Gasteiger partial charge < -0.3 is 10.1 Å². The van der Waals surface area contributed by atoms with Crippen LogP contribution < -0.4 is 10.1 Å². The van der Waals surface area contributed by atoms with Crippen molar-refractivity contribution in [2.24, 2.45) is 5.41 Å². The van der Waals surface area contributed by atoms with Crippen molar-refractivity contribution in [3.63, 3.8) is 0 Å². The minimum atomic E-state index is -1.48. The first-order valence-electron chi connectivity index (χ1n) is 12.1. The van der Waals surface area contributed by atoms with Crippen LogP contribution in [0.15, 0.2) is 78.2 Å². The smallest absolute Gasteiger partial charge is 0.273 e. The molecule has 1 amide bonds. The van der Waals surface area contributed by atoms with E-state index >= 15 is 0 Å². The number of rotatable bonds is 6. The highest BCUT2D eigenvalue weighted by Crippen LogP contribution is 2.64. The first-order chi connectivity index (χ1) is 17.9. The number of carbonyl (C=O) groups excluding carboxylic acids is 1. The first kappa shape index (κ1) is 23.4. The third-order valence-corrected chi connectivity index (χ3v) is 8.65. The van der Waals surface area contributed by atoms with Crippen molar-refractivity contribution in [1.29, 1.82) is 0 Å². The van der Waals surface area contributed by atoms with E-state index in [0.29, 0.717) is 22.7 Å². The van der Waals surface area contributed by atoms with E-state index in [1.807, 2.05) is 85.1 Å². The number of methoxy groups -OCH3 is 1. The lowest BCUT2D eigenvalue weighted by atomic mass is 9.49. The van der Waals surface area contributed by atoms with E-state index in [1.54, 1.807) is 7.11 Å². The van der Waals surface area contributed by atoms with Gasteiger partial charge in [0.2, 0.25) is 5.91 Å². The van der Waals surface area contributed by atoms with Gasteiger partial charge in [-0.05, 0) is 35.7 Å². The second kappa shape index (κ2) is 8.52. The molecule has 7 rings (SSSR count). The van der Waals surface area contributed by atoms with Crippen LogP contribution in [-0.4, -0.2) is 22.9 Å². The summed E-state index contributed by atoms with van der Waals surface area (Å²) in [6.45, 7) is 1.85. The van der Waals surface area contributed by atoms with Gasteiger partial charge in [0.1, 0.15) is 5.75 Å². The summed E-state index contributed by atoms with van der Waals surface area (Å²) in [5, 5.41) is 18.2. The molecule has 3 aliphatic carbocycles. The summed E-state index contributed by atoms with van der Waals surface area (Å²) in [6, 6.07) is 22.8. The zero-order chi connectivity index (χ0) is 25.8. The van der Waals surface area contributed by atoms with Gasteiger partial charge in [-0.3, -0.25) is 14.9 Å². The fourth-order valence-corrected chi connectivity index (χ4v) is 6.89. The average molecular weight is 512 g/mol. The van der Waals surface area contributed by atoms with Gasteiger partial charge in [0.25, 0.3) is 5.54 Å². The topological polar surface area (TPSA) is 94.4 Å². The minimum absolute atomic E-state index is 0.0849. The van der Waals surface area contributed by atoms with Crippen LogP contribution in [0.4, 0.5) is 5.13 Å². The number of aromatic nitrogens is 1. The van der Waals surface area contributed by atoms with Crippen molar-refractivity contribution >= 4 is 22.4 Å². The van der Waals surface area contributed by atoms with Crippen LogP contribution in [-0.2, 0) is 16.8 Å². The van der Waals surface area contributed by atoms with Gasteiger partial charge >= 0.3 is 0 Å². The zero-order valence-corrected chi connectivity index (χ0v) is 21.2. The molecule has 37 heavy (non-hydrogen) atoms. The van der Waals surface area contributed by atoms with Crippen molar-refractivity contribution in [2.45, 2.75) is 31.2 Å². The highest BCUT2D eigenvalue weighted by Gasteiger charge is 2.67. The largest absolute Gasteiger partial charge is 0.497 e. The van der Waals surface area contributed by atoms with E-state index in [0.717, 1.165) is 28.1 Å². The van der Waals surface area contributed by atoms with Crippen LogP contribution in [0.25, 0.3) is 0 Å². The number of amides is 1. The highest BCUT2D eigenvalue weighted by atomic mass is 32.1. The number of benzene rings is 3. The molecule has 7 nitrogen and oxygen atoms in total. The molecule has 0 saturated heterocycles. The molecular weight excluding hydrogens is 486 g/mol. The van der Waals surface area contributed by atoms with E-state index in [1.165, 1.54) is 11.3 Å². The summed E-state index contributed by atoms with van der Waals surface area (Å²) in [5.41, 5.74) is 2.49. The third kappa shape index (κ3) is 3.47. The van der Waals surface area contributed by atoms with Crippen LogP contribution in [0.3, 0.4) is 0 Å². The van der Waals surface area contributed by atoms with Gasteiger partial charge in [0.05, 0.1) is 18.2 Å². The lowest BCUT2D eigenvalue weighted by Gasteiger charge is -2.52. The quantitative estimate of drug-likeness (QED) is 0.262. The number of carbonyl (C=O) groups is 1. The second-order valence-electron chi connectivity index (χ2n) is 9.94. The molecule has 1 heterocycles. The molecule has 1 aromatic heterocycles. The molecule has 186 valence electrons. The van der Waals surface area contributed by atoms with Crippen molar-refractivity contribution in [3.8, 4) is 5.75 Å². The van der Waals surface area contributed by atoms with Crippen LogP contribution in [0.1, 0.15) is 52.8 Å². The maximum atomic E-state index is 13.9. The Balaban J connectivity index is 1.33. The van der Waals surface area contributed by atoms with Crippen molar-refractivity contribution < 1.29 is 14.5 Å². The van der Waals surface area contributed by atoms with E-state index in [4.69, 9.17) is 4.74 Å². The number of thiazole rings is 1. The monoisotopic (exact) mass is 511 g/mol. The van der Waals surface area contributed by atoms with Gasteiger partial charge in [0.15, 0.2) is 5.13 Å². The Hall–Kier alpha value is -4.04. The predicted molar refractivity (Wildman–Crippen MR) is 142 cm³/mol. The second-order valence-corrected chi connectivity index (χ2v) is 10.8. The molecule has 0 fully saturated rings. The highest BCUT2D eigenvalue weighted by molar-refractivity contribution is 7.13. The lowest BCUT2D eigenvalue weighted by molar-refractivity contribution is -0.573. The molecule has 1 N–H and O–H groups in total. The Kier molecular flexibility index (Phi) is 5.38. The number of hydrogen-bond acceptors (Lipinski definition) is 6. The van der Waals surface area contributed by atoms with Gasteiger partial charge in [-0.1, -0.05) is 60.7 Å². The fraction of sp³-hybridized carbons (Fsp3) is 0.241. The van der Waals surface area contributed by atoms with Crippen LogP contribution in [0.2, 0.25) is 0 Å². The van der Waals surface area contributed by atoms with E-state index < -0.39 is 11.0 Å². The average Bonchev–Trinajstić information content (AvgIpc) is 3.35. The molecule has 8 heteroatoms. The number of nitrogens with one attached hydrogen (secondary N) is 1. The summed E-state index contributed by atoms with van der Waals surface area (Å²) < 4.78 is 5.22. The Labute approximate surface area is 218 Å². The molecule has 0 saturated carbocycles. The third-order valence-electron chi connectivity index (χ3n) is 7.84. The molecule has 0 aliphatic heterocycles.